The summed E-state index contributed by atoms with van der Waals surface area (Å²) in [7, 11) is -0.867. The number of benzene rings is 1. The van der Waals surface area contributed by atoms with E-state index in [0.717, 1.165) is 25.0 Å². The second-order valence-corrected chi connectivity index (χ2v) is 19.5. The Morgan fingerprint density at radius 1 is 0.862 bits per heavy atom. The molecule has 17 nitrogen and oxygen atoms in total. The number of likely N-dealkylation sites (tertiary alicyclic amines) is 1. The maximum atomic E-state index is 14.4. The number of carboxylic acids is 2. The Morgan fingerprint density at radius 3 is 2.06 bits per heavy atom. The molecule has 360 valence electrons. The van der Waals surface area contributed by atoms with Gasteiger partial charge in [-0.25, -0.2) is 0 Å². The van der Waals surface area contributed by atoms with E-state index in [4.69, 9.17) is 20.1 Å². The molecule has 2 heterocycles. The molecule has 5 amide bonds. The topological polar surface area (TPSA) is 256 Å². The molecule has 5 fully saturated rings. The molecule has 0 unspecified atom stereocenters. The molecule has 2 saturated heterocycles. The quantitative estimate of drug-likeness (QED) is 0.0933. The van der Waals surface area contributed by atoms with E-state index in [1.54, 1.807) is 27.7 Å². The predicted octanol–water partition coefficient (Wildman–Crippen LogP) is 2.81. The average Bonchev–Trinajstić information content (AvgIpc) is 3.85. The van der Waals surface area contributed by atoms with E-state index in [9.17, 15) is 51.8 Å². The number of rotatable bonds is 20. The summed E-state index contributed by atoms with van der Waals surface area (Å²) in [6.45, 7) is 13.3. The Hall–Kier alpha value is -4.76. The summed E-state index contributed by atoms with van der Waals surface area (Å²) in [4.78, 5) is 92.7. The van der Waals surface area contributed by atoms with Gasteiger partial charge in [-0.15, -0.1) is 0 Å². The molecule has 1 aromatic carbocycles. The lowest BCUT2D eigenvalue weighted by Gasteiger charge is -2.64. The van der Waals surface area contributed by atoms with E-state index in [0.29, 0.717) is 30.7 Å². The third kappa shape index (κ3) is 11.8. The summed E-state index contributed by atoms with van der Waals surface area (Å²) in [5.41, 5.74) is 4.91. The highest BCUT2D eigenvalue weighted by Gasteiger charge is 2.68. The van der Waals surface area contributed by atoms with Crippen molar-refractivity contribution < 1.29 is 66.3 Å². The number of aryl methyl sites for hydroxylation is 1. The summed E-state index contributed by atoms with van der Waals surface area (Å²) in [5.74, 6) is -7.54. The molecule has 2 aliphatic heterocycles. The van der Waals surface area contributed by atoms with Crippen LogP contribution in [0.15, 0.2) is 24.3 Å². The van der Waals surface area contributed by atoms with Crippen LogP contribution in [0.25, 0.3) is 0 Å². The first-order valence-corrected chi connectivity index (χ1v) is 22.4. The number of carbonyl (C=O) groups is 7. The molecule has 5 aliphatic rings. The highest BCUT2D eigenvalue weighted by molar-refractivity contribution is 6.48. The zero-order chi connectivity index (χ0) is 48.3. The molecule has 3 aliphatic carbocycles. The number of aliphatic carboxylic acids is 2. The van der Waals surface area contributed by atoms with E-state index in [1.165, 1.54) is 17.0 Å². The van der Waals surface area contributed by atoms with Crippen LogP contribution in [0.1, 0.15) is 111 Å². The third-order valence-corrected chi connectivity index (χ3v) is 14.0. The van der Waals surface area contributed by atoms with Crippen LogP contribution in [0.3, 0.4) is 0 Å². The minimum Gasteiger partial charge on any atom is -0.481 e. The number of hydrogen-bond donors (Lipinski definition) is 7. The van der Waals surface area contributed by atoms with Gasteiger partial charge >= 0.3 is 25.2 Å². The van der Waals surface area contributed by atoms with Crippen molar-refractivity contribution in [2.75, 3.05) is 6.54 Å². The molecule has 0 radical (unpaired) electrons. The van der Waals surface area contributed by atoms with Crippen LogP contribution in [0, 0.1) is 29.1 Å². The summed E-state index contributed by atoms with van der Waals surface area (Å²) >= 11 is 0. The van der Waals surface area contributed by atoms with Crippen LogP contribution in [-0.2, 0) is 55.5 Å². The van der Waals surface area contributed by atoms with Crippen LogP contribution >= 0.6 is 0 Å². The van der Waals surface area contributed by atoms with Crippen LogP contribution in [-0.4, -0.2) is 118 Å². The molecule has 2 bridgehead atoms. The van der Waals surface area contributed by atoms with Crippen LogP contribution in [0.5, 0.6) is 0 Å². The van der Waals surface area contributed by atoms with Gasteiger partial charge in [0.15, 0.2) is 0 Å². The lowest BCUT2D eigenvalue weighted by Crippen LogP contribution is -2.65. The van der Waals surface area contributed by atoms with E-state index in [-0.39, 0.29) is 30.4 Å². The summed E-state index contributed by atoms with van der Waals surface area (Å²) in [6, 6.07) is -1.61. The van der Waals surface area contributed by atoms with E-state index < -0.39 is 133 Å². The monoisotopic (exact) mass is 920 g/mol. The first-order valence-electron chi connectivity index (χ1n) is 22.4. The number of alkyl halides is 3. The first kappa shape index (κ1) is 51.2. The molecular formula is C44H64BF3N6O11. The maximum absolute atomic E-state index is 14.4. The lowest BCUT2D eigenvalue weighted by molar-refractivity contribution is -0.199. The van der Waals surface area contributed by atoms with E-state index >= 15 is 0 Å². The molecule has 0 spiro atoms. The number of nitrogens with one attached hydrogen (secondary N) is 4. The Labute approximate surface area is 377 Å². The van der Waals surface area contributed by atoms with Crippen molar-refractivity contribution in [3.8, 4) is 0 Å². The number of carboxylic acid groups (broad SMARTS) is 2. The fraction of sp³-hybridized carbons (Fsp3) is 0.705. The molecule has 0 aromatic heterocycles. The van der Waals surface area contributed by atoms with Crippen molar-refractivity contribution in [1.82, 2.24) is 26.2 Å². The summed E-state index contributed by atoms with van der Waals surface area (Å²) in [6.07, 6.45) is -3.33. The van der Waals surface area contributed by atoms with Gasteiger partial charge in [0.05, 0.1) is 35.7 Å². The van der Waals surface area contributed by atoms with Crippen molar-refractivity contribution in [3.63, 3.8) is 0 Å². The van der Waals surface area contributed by atoms with Gasteiger partial charge in [0.25, 0.3) is 0 Å². The van der Waals surface area contributed by atoms with Gasteiger partial charge in [-0.2, -0.15) is 13.2 Å². The Morgan fingerprint density at radius 2 is 1.49 bits per heavy atom. The molecular weight excluding hydrogens is 856 g/mol. The van der Waals surface area contributed by atoms with Gasteiger partial charge in [-0.3, -0.25) is 33.6 Å². The van der Waals surface area contributed by atoms with Crippen LogP contribution < -0.4 is 27.0 Å². The minimum absolute atomic E-state index is 0.0392. The van der Waals surface area contributed by atoms with Gasteiger partial charge < -0.3 is 51.4 Å². The number of carbonyl (C=O) groups excluding carboxylic acids is 5. The molecule has 21 heteroatoms. The number of nitrogens with two attached hydrogens (primary N) is 1. The largest absolute Gasteiger partial charge is 0.481 e. The maximum Gasteiger partial charge on any atom is 0.481 e. The van der Waals surface area contributed by atoms with Crippen molar-refractivity contribution in [2.24, 2.45) is 34.8 Å². The molecule has 6 rings (SSSR count). The van der Waals surface area contributed by atoms with Crippen molar-refractivity contribution in [3.05, 3.63) is 35.4 Å². The molecule has 3 saturated carbocycles. The predicted molar refractivity (Wildman–Crippen MR) is 229 cm³/mol. The highest BCUT2D eigenvalue weighted by atomic mass is 19.4. The lowest BCUT2D eigenvalue weighted by atomic mass is 9.43. The van der Waals surface area contributed by atoms with Crippen molar-refractivity contribution >= 4 is 48.6 Å². The van der Waals surface area contributed by atoms with Gasteiger partial charge in [-0.05, 0) is 98.7 Å². The van der Waals surface area contributed by atoms with E-state index in [1.807, 2.05) is 6.92 Å². The van der Waals surface area contributed by atoms with E-state index in [2.05, 4.69) is 35.1 Å². The normalized spacial score (nSPS) is 25.7. The first-order chi connectivity index (χ1) is 30.2. The average molecular weight is 921 g/mol. The Kier molecular flexibility index (Phi) is 16.1. The number of amides is 5. The zero-order valence-electron chi connectivity index (χ0n) is 38.0. The van der Waals surface area contributed by atoms with Gasteiger partial charge in [-0.1, -0.05) is 53.7 Å². The smallest absolute Gasteiger partial charge is 0.481 e. The second-order valence-electron chi connectivity index (χ2n) is 19.5. The van der Waals surface area contributed by atoms with Gasteiger partial charge in [0, 0.05) is 13.0 Å². The minimum atomic E-state index is -4.49. The Balaban J connectivity index is 1.30. The molecule has 1 aromatic rings. The SMILES string of the molecule is CC(C)[C@H](NC(=O)[C@H](CCC(=O)O)NC(=O)[C@@H](N)CC(=O)O)C(=O)N[C@H](C(=O)N1CCC[C@H]1C(=O)N[C@@H](CCc1ccc(C(F)(F)F)cc1)B1O[C@H]2C[C@@H]3C[C@@H](C3(C)C)[C@@]2(C)O1)C(C)C. The highest BCUT2D eigenvalue weighted by Crippen LogP contribution is 2.65. The van der Waals surface area contributed by atoms with Gasteiger partial charge in [0.2, 0.25) is 29.5 Å². The van der Waals surface area contributed by atoms with Crippen LogP contribution in [0.2, 0.25) is 0 Å². The van der Waals surface area contributed by atoms with Crippen LogP contribution in [0.4, 0.5) is 13.2 Å². The number of halogens is 3. The van der Waals surface area contributed by atoms with Gasteiger partial charge in [0.1, 0.15) is 24.2 Å². The molecule has 8 N–H and O–H groups in total. The fourth-order valence-corrected chi connectivity index (χ4v) is 9.93. The zero-order valence-corrected chi connectivity index (χ0v) is 38.0. The summed E-state index contributed by atoms with van der Waals surface area (Å²) in [5, 5.41) is 28.9. The Bertz CT molecular complexity index is 1950. The number of nitrogens with zero attached hydrogens (tertiary/aromatic N) is 1. The molecule has 10 atom stereocenters. The fourth-order valence-electron chi connectivity index (χ4n) is 9.93. The second kappa shape index (κ2) is 20.4. The van der Waals surface area contributed by atoms with Crippen molar-refractivity contribution in [1.29, 1.82) is 0 Å². The standard InChI is InChI=1S/C44H64BF3N6O11/c1-22(2)35(52-38(60)28(15-17-33(55)56)50-37(59)27(49)21-34(57)58)40(62)53-36(23(3)4)41(63)54-18-8-9-29(54)39(61)51-32(16-12-24-10-13-25(14-11-24)44(46,47)48)45-64-31-20-26-19-30(42(26,5)6)43(31,7)65-45/h10-11,13-14,22-23,26-32,35-36H,8-9,12,15-21,49H2,1-7H3,(H,50,59)(H,51,61)(H,52,60)(H,53,62)(H,55,56)(H,57,58)/t26-,27-,28-,29-,30-,31-,32-,35-,36-,43+/m0/s1. The van der Waals surface area contributed by atoms with Crippen molar-refractivity contribution in [2.45, 2.75) is 160 Å². The summed E-state index contributed by atoms with van der Waals surface area (Å²) < 4.78 is 53.3. The molecule has 65 heavy (non-hydrogen) atoms. The third-order valence-electron chi connectivity index (χ3n) is 14.0. The number of hydrogen-bond acceptors (Lipinski definition) is 10.